The maximum atomic E-state index is 12.1. The number of halogens is 1. The number of thiophene rings is 1. The lowest BCUT2D eigenvalue weighted by atomic mass is 10.0. The van der Waals surface area contributed by atoms with Crippen molar-refractivity contribution in [2.24, 2.45) is 0 Å². The fourth-order valence-electron chi connectivity index (χ4n) is 3.17. The summed E-state index contributed by atoms with van der Waals surface area (Å²) in [6.07, 6.45) is 2.52. The van der Waals surface area contributed by atoms with Crippen molar-refractivity contribution in [1.29, 1.82) is 0 Å². The van der Waals surface area contributed by atoms with E-state index in [1.54, 1.807) is 0 Å². The number of amides is 1. The second-order valence-electron chi connectivity index (χ2n) is 5.94. The molecule has 0 aromatic carbocycles. The number of likely N-dealkylation sites (tertiary alicyclic amines) is 1. The van der Waals surface area contributed by atoms with E-state index in [1.807, 2.05) is 12.1 Å². The number of piperidine rings is 1. The van der Waals surface area contributed by atoms with Crippen LogP contribution in [0.25, 0.3) is 0 Å². The molecular weight excluding hydrogens is 388 g/mol. The average Bonchev–Trinajstić information content (AvgIpc) is 3.05. The third-order valence-corrected chi connectivity index (χ3v) is 7.76. The number of sulfone groups is 1. The van der Waals surface area contributed by atoms with Crippen LogP contribution in [-0.2, 0) is 9.84 Å². The Morgan fingerprint density at radius 1 is 1.27 bits per heavy atom. The molecule has 22 heavy (non-hydrogen) atoms. The maximum absolute atomic E-state index is 12.1. The lowest BCUT2D eigenvalue weighted by Crippen LogP contribution is -2.48. The smallest absolute Gasteiger partial charge is 0.261 e. The number of nitrogens with zero attached hydrogens (tertiary/aromatic N) is 1. The van der Waals surface area contributed by atoms with Crippen LogP contribution in [0.4, 0.5) is 0 Å². The summed E-state index contributed by atoms with van der Waals surface area (Å²) in [5.41, 5.74) is 0. The SMILES string of the molecule is O=C(NC1CCN([C@@H]2CCS(=O)(=O)C2)CC1)c1ccc(Br)s1. The molecule has 8 heteroatoms. The standard InChI is InChI=1S/C14H19BrN2O3S2/c15-13-2-1-12(21-13)14(18)16-10-3-6-17(7-4-10)11-5-8-22(19,20)9-11/h1-2,10-11H,3-9H2,(H,16,18)/t11-/m1/s1. The maximum Gasteiger partial charge on any atom is 0.261 e. The normalized spacial score (nSPS) is 26.1. The number of carbonyl (C=O) groups excluding carboxylic acids is 1. The van der Waals surface area contributed by atoms with E-state index in [-0.39, 0.29) is 18.0 Å². The van der Waals surface area contributed by atoms with Gasteiger partial charge < -0.3 is 5.32 Å². The predicted octanol–water partition coefficient (Wildman–Crippen LogP) is 1.89. The molecule has 0 spiro atoms. The Hall–Kier alpha value is -0.440. The van der Waals surface area contributed by atoms with E-state index in [1.165, 1.54) is 11.3 Å². The Morgan fingerprint density at radius 3 is 2.55 bits per heavy atom. The van der Waals surface area contributed by atoms with Crippen LogP contribution in [0.5, 0.6) is 0 Å². The molecule has 3 rings (SSSR count). The fourth-order valence-corrected chi connectivity index (χ4v) is 6.22. The monoisotopic (exact) mass is 406 g/mol. The summed E-state index contributed by atoms with van der Waals surface area (Å²) in [6, 6.07) is 4.06. The van der Waals surface area contributed by atoms with Gasteiger partial charge in [0.15, 0.2) is 9.84 Å². The molecule has 1 aromatic heterocycles. The van der Waals surface area contributed by atoms with E-state index in [9.17, 15) is 13.2 Å². The molecule has 1 amide bonds. The van der Waals surface area contributed by atoms with Crippen molar-refractivity contribution >= 4 is 43.0 Å². The molecule has 122 valence electrons. The van der Waals surface area contributed by atoms with Crippen LogP contribution in [0.15, 0.2) is 15.9 Å². The first-order valence-electron chi connectivity index (χ1n) is 7.44. The topological polar surface area (TPSA) is 66.5 Å². The average molecular weight is 407 g/mol. The minimum Gasteiger partial charge on any atom is -0.349 e. The van der Waals surface area contributed by atoms with Gasteiger partial charge in [-0.25, -0.2) is 8.42 Å². The second-order valence-corrected chi connectivity index (χ2v) is 10.6. The van der Waals surface area contributed by atoms with Crippen LogP contribution in [0.2, 0.25) is 0 Å². The Kier molecular flexibility index (Phi) is 4.92. The largest absolute Gasteiger partial charge is 0.349 e. The second kappa shape index (κ2) is 6.59. The van der Waals surface area contributed by atoms with Crippen molar-refractivity contribution in [2.75, 3.05) is 24.6 Å². The molecule has 2 aliphatic rings. The van der Waals surface area contributed by atoms with Gasteiger partial charge in [0.25, 0.3) is 5.91 Å². The molecule has 1 aromatic rings. The van der Waals surface area contributed by atoms with Crippen molar-refractivity contribution in [3.8, 4) is 0 Å². The summed E-state index contributed by atoms with van der Waals surface area (Å²) in [5, 5.41) is 3.08. The molecule has 0 radical (unpaired) electrons. The quantitative estimate of drug-likeness (QED) is 0.831. The highest BCUT2D eigenvalue weighted by Gasteiger charge is 2.34. The van der Waals surface area contributed by atoms with Gasteiger partial charge in [-0.2, -0.15) is 0 Å². The molecule has 0 unspecified atom stereocenters. The van der Waals surface area contributed by atoms with E-state index >= 15 is 0 Å². The summed E-state index contributed by atoms with van der Waals surface area (Å²) < 4.78 is 24.1. The van der Waals surface area contributed by atoms with Crippen LogP contribution in [0.1, 0.15) is 28.9 Å². The first kappa shape index (κ1) is 16.4. The molecule has 3 heterocycles. The van der Waals surface area contributed by atoms with E-state index in [2.05, 4.69) is 26.1 Å². The molecule has 0 saturated carbocycles. The Labute approximate surface area is 143 Å². The molecule has 0 aliphatic carbocycles. The van der Waals surface area contributed by atoms with Crippen LogP contribution in [0.3, 0.4) is 0 Å². The van der Waals surface area contributed by atoms with Gasteiger partial charge in [-0.3, -0.25) is 9.69 Å². The summed E-state index contributed by atoms with van der Waals surface area (Å²) in [5.74, 6) is 0.604. The molecule has 5 nitrogen and oxygen atoms in total. The number of rotatable bonds is 3. The number of hydrogen-bond acceptors (Lipinski definition) is 5. The summed E-state index contributed by atoms with van der Waals surface area (Å²) >= 11 is 4.80. The first-order valence-corrected chi connectivity index (χ1v) is 10.9. The Balaban J connectivity index is 1.49. The van der Waals surface area contributed by atoms with Crippen molar-refractivity contribution < 1.29 is 13.2 Å². The zero-order chi connectivity index (χ0) is 15.7. The Bertz CT molecular complexity index is 651. The molecule has 1 atom stereocenters. The van der Waals surface area contributed by atoms with E-state index < -0.39 is 9.84 Å². The zero-order valence-corrected chi connectivity index (χ0v) is 15.3. The zero-order valence-electron chi connectivity index (χ0n) is 12.1. The molecule has 2 aliphatic heterocycles. The van der Waals surface area contributed by atoms with Gasteiger partial charge in [-0.15, -0.1) is 11.3 Å². The molecule has 1 N–H and O–H groups in total. The van der Waals surface area contributed by atoms with Gasteiger partial charge in [0.05, 0.1) is 20.2 Å². The molecular formula is C14H19BrN2O3S2. The summed E-state index contributed by atoms with van der Waals surface area (Å²) in [6.45, 7) is 1.72. The van der Waals surface area contributed by atoms with Crippen LogP contribution in [-0.4, -0.2) is 55.9 Å². The van der Waals surface area contributed by atoms with Crippen LogP contribution < -0.4 is 5.32 Å². The minimum absolute atomic E-state index is 0.0161. The number of nitrogens with one attached hydrogen (secondary N) is 1. The summed E-state index contributed by atoms with van der Waals surface area (Å²) in [7, 11) is -2.83. The fraction of sp³-hybridized carbons (Fsp3) is 0.643. The van der Waals surface area contributed by atoms with Gasteiger partial charge in [0.1, 0.15) is 0 Å². The van der Waals surface area contributed by atoms with Gasteiger partial charge in [0.2, 0.25) is 0 Å². The third-order valence-electron chi connectivity index (χ3n) is 4.39. The third kappa shape index (κ3) is 3.90. The van der Waals surface area contributed by atoms with Gasteiger partial charge in [-0.1, -0.05) is 0 Å². The van der Waals surface area contributed by atoms with Crippen LogP contribution >= 0.6 is 27.3 Å². The number of carbonyl (C=O) groups is 1. The molecule has 0 bridgehead atoms. The predicted molar refractivity (Wildman–Crippen MR) is 91.1 cm³/mol. The van der Waals surface area contributed by atoms with E-state index in [4.69, 9.17) is 0 Å². The highest BCUT2D eigenvalue weighted by Crippen LogP contribution is 2.24. The highest BCUT2D eigenvalue weighted by molar-refractivity contribution is 9.11. The van der Waals surface area contributed by atoms with E-state index in [0.29, 0.717) is 11.5 Å². The lowest BCUT2D eigenvalue weighted by molar-refractivity contribution is 0.0902. The molecule has 2 fully saturated rings. The van der Waals surface area contributed by atoms with Crippen molar-refractivity contribution in [2.45, 2.75) is 31.3 Å². The van der Waals surface area contributed by atoms with Gasteiger partial charge in [-0.05, 0) is 47.3 Å². The van der Waals surface area contributed by atoms with Crippen molar-refractivity contribution in [3.05, 3.63) is 20.8 Å². The lowest BCUT2D eigenvalue weighted by Gasteiger charge is -2.35. The Morgan fingerprint density at radius 2 is 2.00 bits per heavy atom. The van der Waals surface area contributed by atoms with E-state index in [0.717, 1.165) is 41.0 Å². The first-order chi connectivity index (χ1) is 10.4. The number of hydrogen-bond donors (Lipinski definition) is 1. The summed E-state index contributed by atoms with van der Waals surface area (Å²) in [4.78, 5) is 15.1. The minimum atomic E-state index is -2.83. The van der Waals surface area contributed by atoms with Crippen molar-refractivity contribution in [3.63, 3.8) is 0 Å². The molecule has 2 saturated heterocycles. The van der Waals surface area contributed by atoms with Gasteiger partial charge >= 0.3 is 0 Å². The van der Waals surface area contributed by atoms with Crippen molar-refractivity contribution in [1.82, 2.24) is 10.2 Å². The highest BCUT2D eigenvalue weighted by atomic mass is 79.9. The van der Waals surface area contributed by atoms with Gasteiger partial charge in [0, 0.05) is 25.2 Å². The van der Waals surface area contributed by atoms with Crippen LogP contribution in [0, 0.1) is 0 Å².